The zero-order chi connectivity index (χ0) is 14.8. The molecule has 4 nitrogen and oxygen atoms in total. The summed E-state index contributed by atoms with van der Waals surface area (Å²) in [6.45, 7) is 0. The Kier molecular flexibility index (Phi) is 3.05. The molecule has 0 aliphatic carbocycles. The third-order valence-corrected chi connectivity index (χ3v) is 3.63. The SMILES string of the molecule is C(=NN=Cc1c[nH]c2ccccc12)c1cc2ccccc2[nH]1. The average molecular weight is 286 g/mol. The van der Waals surface area contributed by atoms with E-state index in [1.807, 2.05) is 42.6 Å². The second kappa shape index (κ2) is 5.33. The molecule has 4 aromatic rings. The second-order valence-electron chi connectivity index (χ2n) is 5.09. The van der Waals surface area contributed by atoms with Crippen molar-refractivity contribution in [2.24, 2.45) is 10.2 Å². The lowest BCUT2D eigenvalue weighted by Gasteiger charge is -1.88. The highest BCUT2D eigenvalue weighted by Gasteiger charge is 1.99. The average Bonchev–Trinajstić information content (AvgIpc) is 3.15. The minimum atomic E-state index is 0.942. The van der Waals surface area contributed by atoms with Crippen molar-refractivity contribution in [1.82, 2.24) is 9.97 Å². The maximum absolute atomic E-state index is 4.13. The van der Waals surface area contributed by atoms with Crippen molar-refractivity contribution < 1.29 is 0 Å². The van der Waals surface area contributed by atoms with E-state index in [9.17, 15) is 0 Å². The Morgan fingerprint density at radius 2 is 1.59 bits per heavy atom. The molecule has 0 atom stereocenters. The van der Waals surface area contributed by atoms with Crippen molar-refractivity contribution in [2.75, 3.05) is 0 Å². The molecular weight excluding hydrogens is 272 g/mol. The fourth-order valence-corrected chi connectivity index (χ4v) is 2.56. The lowest BCUT2D eigenvalue weighted by atomic mass is 10.2. The van der Waals surface area contributed by atoms with Crippen LogP contribution in [-0.4, -0.2) is 22.4 Å². The highest BCUT2D eigenvalue weighted by atomic mass is 15.2. The van der Waals surface area contributed by atoms with Crippen LogP contribution >= 0.6 is 0 Å². The van der Waals surface area contributed by atoms with Crippen LogP contribution in [0.4, 0.5) is 0 Å². The van der Waals surface area contributed by atoms with Crippen LogP contribution in [0.25, 0.3) is 21.8 Å². The molecule has 2 aromatic heterocycles. The lowest BCUT2D eigenvalue weighted by molar-refractivity contribution is 1.26. The normalized spacial score (nSPS) is 12.2. The Morgan fingerprint density at radius 3 is 2.50 bits per heavy atom. The number of rotatable bonds is 3. The smallest absolute Gasteiger partial charge is 0.0731 e. The molecule has 106 valence electrons. The Morgan fingerprint density at radius 1 is 0.818 bits per heavy atom. The third-order valence-electron chi connectivity index (χ3n) is 3.63. The molecule has 0 radical (unpaired) electrons. The van der Waals surface area contributed by atoms with Gasteiger partial charge in [0, 0.05) is 33.6 Å². The van der Waals surface area contributed by atoms with E-state index in [0.717, 1.165) is 27.7 Å². The molecule has 4 rings (SSSR count). The molecule has 0 saturated carbocycles. The number of hydrogen-bond donors (Lipinski definition) is 2. The second-order valence-corrected chi connectivity index (χ2v) is 5.09. The van der Waals surface area contributed by atoms with Crippen LogP contribution in [0, 0.1) is 0 Å². The van der Waals surface area contributed by atoms with E-state index in [1.54, 1.807) is 12.4 Å². The van der Waals surface area contributed by atoms with E-state index < -0.39 is 0 Å². The van der Waals surface area contributed by atoms with Crippen LogP contribution in [0.2, 0.25) is 0 Å². The van der Waals surface area contributed by atoms with E-state index in [2.05, 4.69) is 38.4 Å². The van der Waals surface area contributed by atoms with Crippen LogP contribution in [0.15, 0.2) is 71.0 Å². The summed E-state index contributed by atoms with van der Waals surface area (Å²) in [7, 11) is 0. The summed E-state index contributed by atoms with van der Waals surface area (Å²) < 4.78 is 0. The van der Waals surface area contributed by atoms with Crippen molar-refractivity contribution >= 4 is 34.2 Å². The first-order valence-corrected chi connectivity index (χ1v) is 7.10. The van der Waals surface area contributed by atoms with Gasteiger partial charge in [-0.1, -0.05) is 36.4 Å². The fourth-order valence-electron chi connectivity index (χ4n) is 2.56. The van der Waals surface area contributed by atoms with E-state index in [1.165, 1.54) is 5.39 Å². The number of aromatic amines is 2. The summed E-state index contributed by atoms with van der Waals surface area (Å²) in [5.41, 5.74) is 4.18. The minimum Gasteiger partial charge on any atom is -0.361 e. The van der Waals surface area contributed by atoms with Gasteiger partial charge in [0.2, 0.25) is 0 Å². The largest absolute Gasteiger partial charge is 0.361 e. The Balaban J connectivity index is 1.56. The van der Waals surface area contributed by atoms with Crippen LogP contribution in [0.1, 0.15) is 11.3 Å². The van der Waals surface area contributed by atoms with Gasteiger partial charge in [-0.3, -0.25) is 0 Å². The van der Waals surface area contributed by atoms with Gasteiger partial charge in [-0.2, -0.15) is 10.2 Å². The van der Waals surface area contributed by atoms with Crippen molar-refractivity contribution in [1.29, 1.82) is 0 Å². The maximum atomic E-state index is 4.13. The quantitative estimate of drug-likeness (QED) is 0.421. The van der Waals surface area contributed by atoms with Crippen molar-refractivity contribution in [3.8, 4) is 0 Å². The number of fused-ring (bicyclic) bond motifs is 2. The number of aromatic nitrogens is 2. The molecule has 0 aliphatic heterocycles. The van der Waals surface area contributed by atoms with E-state index in [0.29, 0.717) is 0 Å². The van der Waals surface area contributed by atoms with Gasteiger partial charge in [-0.25, -0.2) is 0 Å². The summed E-state index contributed by atoms with van der Waals surface area (Å²) in [6, 6.07) is 18.3. The minimum absolute atomic E-state index is 0.942. The number of H-pyrrole nitrogens is 2. The van der Waals surface area contributed by atoms with E-state index in [-0.39, 0.29) is 0 Å². The summed E-state index contributed by atoms with van der Waals surface area (Å²) in [5.74, 6) is 0. The summed E-state index contributed by atoms with van der Waals surface area (Å²) in [5, 5.41) is 10.6. The first-order valence-electron chi connectivity index (χ1n) is 7.10. The summed E-state index contributed by atoms with van der Waals surface area (Å²) >= 11 is 0. The fraction of sp³-hybridized carbons (Fsp3) is 0. The van der Waals surface area contributed by atoms with Gasteiger partial charge in [-0.05, 0) is 18.2 Å². The molecule has 4 heteroatoms. The molecule has 0 bridgehead atoms. The molecule has 22 heavy (non-hydrogen) atoms. The Bertz CT molecular complexity index is 955. The van der Waals surface area contributed by atoms with Crippen LogP contribution in [0.5, 0.6) is 0 Å². The zero-order valence-corrected chi connectivity index (χ0v) is 11.8. The van der Waals surface area contributed by atoms with Gasteiger partial charge in [-0.15, -0.1) is 0 Å². The van der Waals surface area contributed by atoms with Crippen molar-refractivity contribution in [3.05, 3.63) is 72.1 Å². The number of hydrogen-bond acceptors (Lipinski definition) is 2. The van der Waals surface area contributed by atoms with Crippen LogP contribution in [0.3, 0.4) is 0 Å². The molecule has 0 amide bonds. The predicted molar refractivity (Wildman–Crippen MR) is 91.8 cm³/mol. The summed E-state index contributed by atoms with van der Waals surface area (Å²) in [4.78, 5) is 6.50. The zero-order valence-electron chi connectivity index (χ0n) is 11.8. The van der Waals surface area contributed by atoms with Gasteiger partial charge in [0.05, 0.1) is 18.1 Å². The molecule has 2 aromatic carbocycles. The first-order chi connectivity index (χ1) is 10.9. The van der Waals surface area contributed by atoms with Crippen LogP contribution in [-0.2, 0) is 0 Å². The number of nitrogens with zero attached hydrogens (tertiary/aromatic N) is 2. The highest BCUT2D eigenvalue weighted by Crippen LogP contribution is 2.16. The molecule has 2 N–H and O–H groups in total. The van der Waals surface area contributed by atoms with Crippen molar-refractivity contribution in [2.45, 2.75) is 0 Å². The monoisotopic (exact) mass is 286 g/mol. The number of benzene rings is 2. The maximum Gasteiger partial charge on any atom is 0.0731 e. The molecule has 2 heterocycles. The molecule has 0 fully saturated rings. The molecule has 0 unspecified atom stereocenters. The highest BCUT2D eigenvalue weighted by molar-refractivity contribution is 5.99. The van der Waals surface area contributed by atoms with Crippen LogP contribution < -0.4 is 0 Å². The van der Waals surface area contributed by atoms with Gasteiger partial charge < -0.3 is 9.97 Å². The summed E-state index contributed by atoms with van der Waals surface area (Å²) in [6.07, 6.45) is 5.43. The van der Waals surface area contributed by atoms with Gasteiger partial charge in [0.25, 0.3) is 0 Å². The standard InChI is InChI=1S/C18H14N4/c1-3-7-17-13(5-1)9-15(22-17)12-21-20-11-14-10-19-18-8-4-2-6-16(14)18/h1-12,19,22H. The lowest BCUT2D eigenvalue weighted by Crippen LogP contribution is -1.79. The number of para-hydroxylation sites is 2. The van der Waals surface area contributed by atoms with E-state index >= 15 is 0 Å². The molecular formula is C18H14N4. The Labute approximate surface area is 127 Å². The molecule has 0 saturated heterocycles. The topological polar surface area (TPSA) is 56.3 Å². The number of nitrogens with one attached hydrogen (secondary N) is 2. The Hall–Kier alpha value is -3.14. The van der Waals surface area contributed by atoms with E-state index in [4.69, 9.17) is 0 Å². The van der Waals surface area contributed by atoms with Gasteiger partial charge in [0.15, 0.2) is 0 Å². The third kappa shape index (κ3) is 2.31. The first kappa shape index (κ1) is 12.6. The molecule has 0 aliphatic rings. The van der Waals surface area contributed by atoms with Crippen molar-refractivity contribution in [3.63, 3.8) is 0 Å². The van der Waals surface area contributed by atoms with Gasteiger partial charge in [0.1, 0.15) is 0 Å². The van der Waals surface area contributed by atoms with Gasteiger partial charge >= 0.3 is 0 Å². The molecule has 0 spiro atoms. The predicted octanol–water partition coefficient (Wildman–Crippen LogP) is 4.10.